The zero-order chi connectivity index (χ0) is 24.0. The first kappa shape index (κ1) is 31.8. The highest BCUT2D eigenvalue weighted by Crippen LogP contribution is 2.38. The van der Waals surface area contributed by atoms with Gasteiger partial charge in [0.2, 0.25) is 0 Å². The molecule has 0 N–H and O–H groups in total. The van der Waals surface area contributed by atoms with Gasteiger partial charge in [-0.3, -0.25) is 4.57 Å². The van der Waals surface area contributed by atoms with E-state index in [9.17, 15) is 9.46 Å². The highest BCUT2D eigenvalue weighted by Gasteiger charge is 2.12. The molecule has 0 bridgehead atoms. The summed E-state index contributed by atoms with van der Waals surface area (Å²) in [4.78, 5) is 11.7. The van der Waals surface area contributed by atoms with Crippen LogP contribution >= 0.6 is 7.82 Å². The number of unbranched alkanes of at least 4 members (excludes halogenated alkanes) is 15. The Kier molecular flexibility index (Phi) is 21.2. The topological polar surface area (TPSA) is 58.6 Å². The van der Waals surface area contributed by atoms with Crippen molar-refractivity contribution in [1.82, 2.24) is 0 Å². The quantitative estimate of drug-likeness (QED) is 0.0631. The summed E-state index contributed by atoms with van der Waals surface area (Å²) in [6, 6.07) is 0. The molecule has 0 radical (unpaired) electrons. The maximum Gasteiger partial charge on any atom is 0.268 e. The maximum absolute atomic E-state index is 11.7. The molecule has 0 rings (SSSR count). The zero-order valence-electron chi connectivity index (χ0n) is 21.8. The first-order valence-corrected chi connectivity index (χ1v) is 14.8. The summed E-state index contributed by atoms with van der Waals surface area (Å²) < 4.78 is 22.2. The normalized spacial score (nSPS) is 14.3. The van der Waals surface area contributed by atoms with Gasteiger partial charge >= 0.3 is 0 Å². The van der Waals surface area contributed by atoms with Crippen LogP contribution in [0.5, 0.6) is 0 Å². The standard InChI is InChI=1S/C26H54NO4P/c1-5-6-7-8-9-10-11-12-13-14-15-16-17-18-19-20-21-22-23-25-30-32(28,29)31-26-24-27(2,3)4/h13-14H,5-12,15-26H2,1-4H3/b14-13-. The van der Waals surface area contributed by atoms with Gasteiger partial charge in [0, 0.05) is 0 Å². The third-order valence-corrected chi connectivity index (χ3v) is 6.66. The molecule has 5 nitrogen and oxygen atoms in total. The van der Waals surface area contributed by atoms with E-state index < -0.39 is 7.82 Å². The van der Waals surface area contributed by atoms with Crippen molar-refractivity contribution in [2.45, 2.75) is 116 Å². The van der Waals surface area contributed by atoms with Gasteiger partial charge in [-0.15, -0.1) is 0 Å². The lowest BCUT2D eigenvalue weighted by molar-refractivity contribution is -0.870. The Bertz CT molecular complexity index is 477. The number of hydrogen-bond acceptors (Lipinski definition) is 4. The summed E-state index contributed by atoms with van der Waals surface area (Å²) in [7, 11) is 1.85. The van der Waals surface area contributed by atoms with Gasteiger partial charge in [-0.2, -0.15) is 0 Å². The molecule has 0 aliphatic heterocycles. The van der Waals surface area contributed by atoms with Crippen LogP contribution < -0.4 is 4.89 Å². The molecule has 0 aliphatic rings. The van der Waals surface area contributed by atoms with Gasteiger partial charge in [0.1, 0.15) is 13.2 Å². The van der Waals surface area contributed by atoms with Gasteiger partial charge in [0.15, 0.2) is 0 Å². The van der Waals surface area contributed by atoms with E-state index in [1.54, 1.807) is 0 Å². The Morgan fingerprint density at radius 1 is 0.656 bits per heavy atom. The molecule has 32 heavy (non-hydrogen) atoms. The Balaban J connectivity index is 3.31. The number of allylic oxidation sites excluding steroid dienone is 2. The zero-order valence-corrected chi connectivity index (χ0v) is 22.7. The van der Waals surface area contributed by atoms with Crippen molar-refractivity contribution in [3.8, 4) is 0 Å². The van der Waals surface area contributed by atoms with E-state index in [1.165, 1.54) is 89.9 Å². The van der Waals surface area contributed by atoms with Crippen molar-refractivity contribution in [3.05, 3.63) is 12.2 Å². The van der Waals surface area contributed by atoms with E-state index in [2.05, 4.69) is 19.1 Å². The van der Waals surface area contributed by atoms with Crippen LogP contribution in [-0.2, 0) is 13.6 Å². The van der Waals surface area contributed by atoms with E-state index in [0.29, 0.717) is 11.0 Å². The van der Waals surface area contributed by atoms with Crippen molar-refractivity contribution >= 4 is 7.82 Å². The number of hydrogen-bond donors (Lipinski definition) is 0. The fourth-order valence-electron chi connectivity index (χ4n) is 3.52. The minimum Gasteiger partial charge on any atom is -0.756 e. The minimum atomic E-state index is -4.14. The average Bonchev–Trinajstić information content (AvgIpc) is 2.71. The second-order valence-electron chi connectivity index (χ2n) is 10.1. The Labute approximate surface area is 200 Å². The molecular formula is C26H54NO4P. The maximum atomic E-state index is 11.7. The lowest BCUT2D eigenvalue weighted by Crippen LogP contribution is -2.37. The number of quaternary nitrogens is 1. The monoisotopic (exact) mass is 475 g/mol. The van der Waals surface area contributed by atoms with Crippen LogP contribution in [0, 0.1) is 0 Å². The second-order valence-corrected chi connectivity index (χ2v) is 11.5. The third kappa shape index (κ3) is 26.1. The SMILES string of the molecule is CCCCCCCCC/C=C\CCCCCCCCCCOP(=O)([O-])OCC[N+](C)(C)C. The highest BCUT2D eigenvalue weighted by molar-refractivity contribution is 7.45. The van der Waals surface area contributed by atoms with Gasteiger partial charge in [-0.25, -0.2) is 0 Å². The van der Waals surface area contributed by atoms with Crippen molar-refractivity contribution < 1.29 is 23.0 Å². The van der Waals surface area contributed by atoms with Crippen LogP contribution in [0.25, 0.3) is 0 Å². The number of phosphoric acid groups is 1. The summed E-state index contributed by atoms with van der Waals surface area (Å²) in [5.41, 5.74) is 0. The number of phosphoric ester groups is 1. The molecule has 0 aromatic carbocycles. The molecule has 6 heteroatoms. The molecule has 0 aromatic heterocycles. The highest BCUT2D eigenvalue weighted by atomic mass is 31.2. The lowest BCUT2D eigenvalue weighted by atomic mass is 10.1. The van der Waals surface area contributed by atoms with Gasteiger partial charge in [-0.05, 0) is 32.1 Å². The molecule has 0 amide bonds. The largest absolute Gasteiger partial charge is 0.756 e. The van der Waals surface area contributed by atoms with Crippen LogP contribution in [0.2, 0.25) is 0 Å². The molecule has 1 unspecified atom stereocenters. The van der Waals surface area contributed by atoms with Gasteiger partial charge in [0.05, 0.1) is 27.7 Å². The molecule has 0 heterocycles. The Hall–Kier alpha value is -0.190. The molecule has 1 atom stereocenters. The average molecular weight is 476 g/mol. The summed E-state index contributed by atoms with van der Waals surface area (Å²) in [6.45, 7) is 3.30. The molecular weight excluding hydrogens is 421 g/mol. The van der Waals surface area contributed by atoms with E-state index in [0.717, 1.165) is 19.3 Å². The smallest absolute Gasteiger partial charge is 0.268 e. The fraction of sp³-hybridized carbons (Fsp3) is 0.923. The molecule has 0 saturated heterocycles. The van der Waals surface area contributed by atoms with E-state index in [-0.39, 0.29) is 13.2 Å². The van der Waals surface area contributed by atoms with E-state index in [1.807, 2.05) is 21.1 Å². The van der Waals surface area contributed by atoms with Crippen LogP contribution in [0.3, 0.4) is 0 Å². The van der Waals surface area contributed by atoms with Crippen molar-refractivity contribution in [3.63, 3.8) is 0 Å². The van der Waals surface area contributed by atoms with Crippen LogP contribution in [0.15, 0.2) is 12.2 Å². The molecule has 0 aromatic rings. The lowest BCUT2D eigenvalue weighted by Gasteiger charge is -2.27. The number of nitrogens with zero attached hydrogens (tertiary/aromatic N) is 1. The van der Waals surface area contributed by atoms with Crippen LogP contribution in [-0.4, -0.2) is 45.4 Å². The molecule has 192 valence electrons. The summed E-state index contributed by atoms with van der Waals surface area (Å²) in [5.74, 6) is 0. The molecule has 0 spiro atoms. The van der Waals surface area contributed by atoms with Gasteiger partial charge in [0.25, 0.3) is 7.82 Å². The van der Waals surface area contributed by atoms with Crippen LogP contribution in [0.1, 0.15) is 116 Å². The summed E-state index contributed by atoms with van der Waals surface area (Å²) in [5, 5.41) is 0. The molecule has 0 fully saturated rings. The second kappa shape index (κ2) is 21.4. The fourth-order valence-corrected chi connectivity index (χ4v) is 4.25. The number of likely N-dealkylation sites (N-methyl/N-ethyl adjacent to an activating group) is 1. The third-order valence-electron chi connectivity index (χ3n) is 5.67. The van der Waals surface area contributed by atoms with Gasteiger partial charge in [-0.1, -0.05) is 96.1 Å². The first-order chi connectivity index (χ1) is 15.3. The van der Waals surface area contributed by atoms with E-state index in [4.69, 9.17) is 9.05 Å². The predicted molar refractivity (Wildman–Crippen MR) is 136 cm³/mol. The van der Waals surface area contributed by atoms with E-state index >= 15 is 0 Å². The summed E-state index contributed by atoms with van der Waals surface area (Å²) >= 11 is 0. The first-order valence-electron chi connectivity index (χ1n) is 13.3. The molecule has 0 saturated carbocycles. The van der Waals surface area contributed by atoms with Crippen LogP contribution in [0.4, 0.5) is 0 Å². The Morgan fingerprint density at radius 3 is 1.53 bits per heavy atom. The van der Waals surface area contributed by atoms with Crippen molar-refractivity contribution in [2.75, 3.05) is 40.9 Å². The summed E-state index contributed by atoms with van der Waals surface area (Å²) in [6.07, 6.45) is 26.3. The Morgan fingerprint density at radius 2 is 1.06 bits per heavy atom. The van der Waals surface area contributed by atoms with Crippen molar-refractivity contribution in [2.24, 2.45) is 0 Å². The van der Waals surface area contributed by atoms with Gasteiger partial charge < -0.3 is 18.4 Å². The van der Waals surface area contributed by atoms with Crippen molar-refractivity contribution in [1.29, 1.82) is 0 Å². The predicted octanol–water partition coefficient (Wildman–Crippen LogP) is 7.40. The number of rotatable bonds is 24. The minimum absolute atomic E-state index is 0.166. The molecule has 0 aliphatic carbocycles.